The van der Waals surface area contributed by atoms with E-state index >= 15 is 0 Å². The van der Waals surface area contributed by atoms with Crippen LogP contribution in [0.1, 0.15) is 35.7 Å². The van der Waals surface area contributed by atoms with Crippen molar-refractivity contribution in [2.45, 2.75) is 26.3 Å². The molecule has 0 saturated carbocycles. The highest BCUT2D eigenvalue weighted by atomic mass is 32.1. The summed E-state index contributed by atoms with van der Waals surface area (Å²) < 4.78 is 26.7. The van der Waals surface area contributed by atoms with Crippen molar-refractivity contribution < 1.29 is 8.78 Å². The summed E-state index contributed by atoms with van der Waals surface area (Å²) in [7, 11) is 0. The highest BCUT2D eigenvalue weighted by molar-refractivity contribution is 7.09. The first-order chi connectivity index (χ1) is 9.10. The zero-order valence-corrected chi connectivity index (χ0v) is 11.7. The first-order valence-electron chi connectivity index (χ1n) is 6.21. The van der Waals surface area contributed by atoms with E-state index in [4.69, 9.17) is 0 Å². The van der Waals surface area contributed by atoms with Crippen molar-refractivity contribution in [3.63, 3.8) is 0 Å². The third-order valence-electron chi connectivity index (χ3n) is 2.70. The van der Waals surface area contributed by atoms with Gasteiger partial charge >= 0.3 is 0 Å². The summed E-state index contributed by atoms with van der Waals surface area (Å²) in [6.45, 7) is 4.72. The maximum absolute atomic E-state index is 13.3. The Morgan fingerprint density at radius 3 is 2.47 bits per heavy atom. The Hall–Kier alpha value is -1.33. The van der Waals surface area contributed by atoms with Gasteiger partial charge in [0, 0.05) is 17.1 Å². The third-order valence-corrected chi connectivity index (χ3v) is 3.73. The largest absolute Gasteiger partial charge is 0.304 e. The quantitative estimate of drug-likeness (QED) is 0.901. The molecule has 0 radical (unpaired) electrons. The molecule has 1 aromatic heterocycles. The van der Waals surface area contributed by atoms with Gasteiger partial charge < -0.3 is 5.32 Å². The zero-order valence-electron chi connectivity index (χ0n) is 10.9. The van der Waals surface area contributed by atoms with E-state index in [0.717, 1.165) is 29.7 Å². The maximum atomic E-state index is 13.3. The zero-order chi connectivity index (χ0) is 13.8. The fourth-order valence-corrected chi connectivity index (χ4v) is 2.78. The summed E-state index contributed by atoms with van der Waals surface area (Å²) in [5, 5.41) is 6.05. The average molecular weight is 282 g/mol. The second kappa shape index (κ2) is 6.21. The molecule has 0 aliphatic rings. The number of rotatable bonds is 5. The fourth-order valence-electron chi connectivity index (χ4n) is 1.88. The van der Waals surface area contributed by atoms with Gasteiger partial charge in [0.2, 0.25) is 0 Å². The third kappa shape index (κ3) is 3.58. The number of nitrogens with one attached hydrogen (secondary N) is 1. The molecule has 0 saturated heterocycles. The topological polar surface area (TPSA) is 24.9 Å². The molecule has 2 rings (SSSR count). The molecule has 1 aromatic carbocycles. The van der Waals surface area contributed by atoms with Crippen molar-refractivity contribution in [2.75, 3.05) is 6.54 Å². The van der Waals surface area contributed by atoms with Gasteiger partial charge in [-0.1, -0.05) is 6.92 Å². The van der Waals surface area contributed by atoms with Crippen LogP contribution in [-0.4, -0.2) is 11.5 Å². The van der Waals surface area contributed by atoms with E-state index < -0.39 is 11.6 Å². The SMILES string of the molecule is CCCNC(c1cc(F)cc(F)c1)c1nc(C)cs1. The molecule has 1 unspecified atom stereocenters. The molecule has 0 amide bonds. The molecule has 102 valence electrons. The summed E-state index contributed by atoms with van der Waals surface area (Å²) >= 11 is 1.50. The molecular formula is C14H16F2N2S. The molecule has 1 N–H and O–H groups in total. The monoisotopic (exact) mass is 282 g/mol. The summed E-state index contributed by atoms with van der Waals surface area (Å²) in [5.41, 5.74) is 1.49. The fraction of sp³-hybridized carbons (Fsp3) is 0.357. The van der Waals surface area contributed by atoms with Crippen LogP contribution < -0.4 is 5.32 Å². The molecule has 0 fully saturated rings. The number of nitrogens with zero attached hydrogens (tertiary/aromatic N) is 1. The molecule has 2 aromatic rings. The van der Waals surface area contributed by atoms with Gasteiger partial charge in [-0.3, -0.25) is 0 Å². The predicted molar refractivity (Wildman–Crippen MR) is 73.3 cm³/mol. The lowest BCUT2D eigenvalue weighted by molar-refractivity contribution is 0.557. The Balaban J connectivity index is 2.36. The van der Waals surface area contributed by atoms with Crippen molar-refractivity contribution in [3.05, 3.63) is 51.5 Å². The number of hydrogen-bond donors (Lipinski definition) is 1. The number of aryl methyl sites for hydroxylation is 1. The van der Waals surface area contributed by atoms with E-state index in [0.29, 0.717) is 5.56 Å². The summed E-state index contributed by atoms with van der Waals surface area (Å²) in [4.78, 5) is 4.41. The van der Waals surface area contributed by atoms with Crippen molar-refractivity contribution in [2.24, 2.45) is 0 Å². The van der Waals surface area contributed by atoms with Crippen LogP contribution in [0.15, 0.2) is 23.6 Å². The molecule has 0 aliphatic carbocycles. The first kappa shape index (κ1) is 14.1. The normalized spacial score (nSPS) is 12.6. The molecule has 0 spiro atoms. The number of thiazole rings is 1. The Kier molecular flexibility index (Phi) is 4.61. The van der Waals surface area contributed by atoms with Crippen LogP contribution >= 0.6 is 11.3 Å². The van der Waals surface area contributed by atoms with Gasteiger partial charge in [0.15, 0.2) is 0 Å². The van der Waals surface area contributed by atoms with E-state index in [1.165, 1.54) is 23.5 Å². The molecular weight excluding hydrogens is 266 g/mol. The van der Waals surface area contributed by atoms with Gasteiger partial charge in [-0.25, -0.2) is 13.8 Å². The van der Waals surface area contributed by atoms with E-state index in [2.05, 4.69) is 10.3 Å². The Bertz CT molecular complexity index is 534. The molecule has 0 bridgehead atoms. The van der Waals surface area contributed by atoms with E-state index in [-0.39, 0.29) is 6.04 Å². The molecule has 19 heavy (non-hydrogen) atoms. The standard InChI is InChI=1S/C14H16F2N2S/c1-3-4-17-13(14-18-9(2)8-19-14)10-5-11(15)7-12(16)6-10/h5-8,13,17H,3-4H2,1-2H3. The summed E-state index contributed by atoms with van der Waals surface area (Å²) in [6, 6.07) is 3.33. The Labute approximate surface area is 115 Å². The first-order valence-corrected chi connectivity index (χ1v) is 7.09. The second-order valence-electron chi connectivity index (χ2n) is 4.42. The van der Waals surface area contributed by atoms with Crippen molar-refractivity contribution in [1.82, 2.24) is 10.3 Å². The lowest BCUT2D eigenvalue weighted by atomic mass is 10.1. The molecule has 1 atom stereocenters. The van der Waals surface area contributed by atoms with Gasteiger partial charge in [0.1, 0.15) is 16.6 Å². The van der Waals surface area contributed by atoms with Crippen molar-refractivity contribution in [3.8, 4) is 0 Å². The van der Waals surface area contributed by atoms with Crippen LogP contribution in [0.2, 0.25) is 0 Å². The Morgan fingerprint density at radius 2 is 1.95 bits per heavy atom. The molecule has 2 nitrogen and oxygen atoms in total. The lowest BCUT2D eigenvalue weighted by Crippen LogP contribution is -2.23. The summed E-state index contributed by atoms with van der Waals surface area (Å²) in [5.74, 6) is -1.13. The van der Waals surface area contributed by atoms with Crippen LogP contribution in [0, 0.1) is 18.6 Å². The molecule has 1 heterocycles. The second-order valence-corrected chi connectivity index (χ2v) is 5.31. The van der Waals surface area contributed by atoms with Crippen LogP contribution in [0.5, 0.6) is 0 Å². The van der Waals surface area contributed by atoms with Gasteiger partial charge in [0.25, 0.3) is 0 Å². The van der Waals surface area contributed by atoms with E-state index in [1.54, 1.807) is 0 Å². The summed E-state index contributed by atoms with van der Waals surface area (Å²) in [6.07, 6.45) is 0.943. The minimum Gasteiger partial charge on any atom is -0.304 e. The van der Waals surface area contributed by atoms with Gasteiger partial charge in [-0.2, -0.15) is 0 Å². The van der Waals surface area contributed by atoms with Crippen LogP contribution in [0.3, 0.4) is 0 Å². The van der Waals surface area contributed by atoms with Gasteiger partial charge in [0.05, 0.1) is 6.04 Å². The highest BCUT2D eigenvalue weighted by Crippen LogP contribution is 2.26. The van der Waals surface area contributed by atoms with Crippen LogP contribution in [0.4, 0.5) is 8.78 Å². The highest BCUT2D eigenvalue weighted by Gasteiger charge is 2.18. The molecule has 5 heteroatoms. The predicted octanol–water partition coefficient (Wildman–Crippen LogP) is 3.82. The number of benzene rings is 1. The Morgan fingerprint density at radius 1 is 1.26 bits per heavy atom. The minimum atomic E-state index is -0.563. The number of aromatic nitrogens is 1. The van der Waals surface area contributed by atoms with Gasteiger partial charge in [-0.05, 0) is 37.6 Å². The van der Waals surface area contributed by atoms with Crippen LogP contribution in [-0.2, 0) is 0 Å². The van der Waals surface area contributed by atoms with Crippen molar-refractivity contribution in [1.29, 1.82) is 0 Å². The maximum Gasteiger partial charge on any atom is 0.126 e. The van der Waals surface area contributed by atoms with Crippen molar-refractivity contribution >= 4 is 11.3 Å². The minimum absolute atomic E-state index is 0.260. The van der Waals surface area contributed by atoms with E-state index in [1.807, 2.05) is 19.2 Å². The smallest absolute Gasteiger partial charge is 0.126 e. The number of hydrogen-bond acceptors (Lipinski definition) is 3. The lowest BCUT2D eigenvalue weighted by Gasteiger charge is -2.16. The average Bonchev–Trinajstić information content (AvgIpc) is 2.75. The molecule has 0 aliphatic heterocycles. The van der Waals surface area contributed by atoms with Crippen LogP contribution in [0.25, 0.3) is 0 Å². The van der Waals surface area contributed by atoms with Gasteiger partial charge in [-0.15, -0.1) is 11.3 Å². The van der Waals surface area contributed by atoms with E-state index in [9.17, 15) is 8.78 Å². The number of halogens is 2.